The molecule has 0 radical (unpaired) electrons. The second-order valence-corrected chi connectivity index (χ2v) is 5.51. The number of carbonyl (C=O) groups excluding carboxylic acids is 1. The van der Waals surface area contributed by atoms with E-state index in [9.17, 15) is 13.4 Å². The van der Waals surface area contributed by atoms with Gasteiger partial charge in [-0.25, -0.2) is 4.39 Å². The summed E-state index contributed by atoms with van der Waals surface area (Å²) < 4.78 is 25.1. The highest BCUT2D eigenvalue weighted by Gasteiger charge is 2.14. The van der Waals surface area contributed by atoms with Crippen molar-refractivity contribution in [3.05, 3.63) is 54.3 Å². The predicted octanol–water partition coefficient (Wildman–Crippen LogP) is 2.15. The van der Waals surface area contributed by atoms with Crippen molar-refractivity contribution in [2.45, 2.75) is 4.90 Å². The van der Waals surface area contributed by atoms with Crippen LogP contribution in [-0.2, 0) is 15.6 Å². The smallest absolute Gasteiger partial charge is 0.237 e. The number of para-hydroxylation sites is 1. The van der Waals surface area contributed by atoms with Crippen molar-refractivity contribution in [1.29, 1.82) is 0 Å². The number of carbonyl (C=O) groups is 1. The number of rotatable bonds is 4. The van der Waals surface area contributed by atoms with E-state index in [2.05, 4.69) is 5.32 Å². The lowest BCUT2D eigenvalue weighted by Crippen LogP contribution is -2.20. The zero-order valence-corrected chi connectivity index (χ0v) is 11.3. The second kappa shape index (κ2) is 6.29. The first-order valence-corrected chi connectivity index (χ1v) is 7.16. The molecule has 2 rings (SSSR count). The maximum Gasteiger partial charge on any atom is 0.237 e. The largest absolute Gasteiger partial charge is 0.398 e. The highest BCUT2D eigenvalue weighted by molar-refractivity contribution is 7.86. The summed E-state index contributed by atoms with van der Waals surface area (Å²) in [6.45, 7) is 0. The lowest BCUT2D eigenvalue weighted by atomic mass is 10.3. The molecule has 1 amide bonds. The Morgan fingerprint density at radius 1 is 1.20 bits per heavy atom. The molecule has 0 saturated carbocycles. The molecule has 0 aliphatic rings. The topological polar surface area (TPSA) is 72.2 Å². The summed E-state index contributed by atoms with van der Waals surface area (Å²) >= 11 is 0. The van der Waals surface area contributed by atoms with Crippen LogP contribution in [0.2, 0.25) is 0 Å². The highest BCUT2D eigenvalue weighted by atomic mass is 32.2. The van der Waals surface area contributed by atoms with Gasteiger partial charge in [-0.05, 0) is 30.3 Å². The van der Waals surface area contributed by atoms with Crippen LogP contribution in [0.5, 0.6) is 0 Å². The summed E-state index contributed by atoms with van der Waals surface area (Å²) in [5.74, 6) is -1.23. The maximum atomic E-state index is 13.1. The minimum atomic E-state index is -1.69. The average Bonchev–Trinajstić information content (AvgIpc) is 2.42. The summed E-state index contributed by atoms with van der Waals surface area (Å²) in [4.78, 5) is 11.9. The van der Waals surface area contributed by atoms with Gasteiger partial charge >= 0.3 is 0 Å². The van der Waals surface area contributed by atoms with Gasteiger partial charge in [0, 0.05) is 11.4 Å². The van der Waals surface area contributed by atoms with Gasteiger partial charge in [-0.3, -0.25) is 9.00 Å². The molecule has 2 aromatic carbocycles. The fourth-order valence-corrected chi connectivity index (χ4v) is 2.66. The van der Waals surface area contributed by atoms with Crippen LogP contribution >= 0.6 is 0 Å². The summed E-state index contributed by atoms with van der Waals surface area (Å²) in [5.41, 5.74) is 6.45. The first-order valence-electron chi connectivity index (χ1n) is 5.84. The van der Waals surface area contributed by atoms with E-state index >= 15 is 0 Å². The molecule has 1 atom stereocenters. The van der Waals surface area contributed by atoms with Crippen LogP contribution in [0.4, 0.5) is 15.8 Å². The third-order valence-corrected chi connectivity index (χ3v) is 3.91. The van der Waals surface area contributed by atoms with E-state index in [1.165, 1.54) is 12.1 Å². The third-order valence-electron chi connectivity index (χ3n) is 2.54. The second-order valence-electron chi connectivity index (χ2n) is 4.09. The lowest BCUT2D eigenvalue weighted by molar-refractivity contribution is -0.113. The first-order chi connectivity index (χ1) is 9.56. The van der Waals surface area contributed by atoms with Crippen LogP contribution in [-0.4, -0.2) is 15.9 Å². The normalized spacial score (nSPS) is 11.8. The number of nitrogens with one attached hydrogen (secondary N) is 1. The van der Waals surface area contributed by atoms with Crippen molar-refractivity contribution in [3.8, 4) is 0 Å². The van der Waals surface area contributed by atoms with Gasteiger partial charge in [0.1, 0.15) is 11.6 Å². The zero-order chi connectivity index (χ0) is 14.5. The fraction of sp³-hybridized carbons (Fsp3) is 0.0714. The Labute approximate surface area is 118 Å². The van der Waals surface area contributed by atoms with Gasteiger partial charge < -0.3 is 11.1 Å². The predicted molar refractivity (Wildman–Crippen MR) is 77.2 cm³/mol. The Kier molecular flexibility index (Phi) is 4.47. The summed E-state index contributed by atoms with van der Waals surface area (Å²) in [7, 11) is -1.69. The number of halogens is 1. The number of benzene rings is 2. The number of hydrogen-bond acceptors (Lipinski definition) is 3. The summed E-state index contributed by atoms with van der Waals surface area (Å²) in [5, 5.41) is 2.61. The molecular weight excluding hydrogens is 279 g/mol. The first kappa shape index (κ1) is 14.2. The Bertz CT molecular complexity index is 647. The van der Waals surface area contributed by atoms with E-state index in [4.69, 9.17) is 5.73 Å². The number of hydrogen-bond donors (Lipinski definition) is 2. The number of amides is 1. The van der Waals surface area contributed by atoms with Crippen LogP contribution in [0.15, 0.2) is 53.4 Å². The summed E-state index contributed by atoms with van der Waals surface area (Å²) in [6.07, 6.45) is 0. The van der Waals surface area contributed by atoms with Crippen molar-refractivity contribution in [2.75, 3.05) is 16.8 Å². The van der Waals surface area contributed by atoms with Gasteiger partial charge in [0.05, 0.1) is 15.7 Å². The van der Waals surface area contributed by atoms with Gasteiger partial charge in [-0.15, -0.1) is 0 Å². The monoisotopic (exact) mass is 292 g/mol. The van der Waals surface area contributed by atoms with E-state index in [0.717, 1.165) is 6.07 Å². The molecule has 0 aliphatic heterocycles. The Balaban J connectivity index is 2.04. The average molecular weight is 292 g/mol. The number of anilines is 2. The van der Waals surface area contributed by atoms with E-state index in [0.29, 0.717) is 5.69 Å². The van der Waals surface area contributed by atoms with Crippen molar-refractivity contribution >= 4 is 28.1 Å². The Morgan fingerprint density at radius 3 is 2.60 bits per heavy atom. The van der Waals surface area contributed by atoms with E-state index in [-0.39, 0.29) is 16.3 Å². The molecule has 0 aliphatic carbocycles. The minimum Gasteiger partial charge on any atom is -0.398 e. The van der Waals surface area contributed by atoms with Gasteiger partial charge in [0.2, 0.25) is 5.91 Å². The molecule has 4 nitrogen and oxygen atoms in total. The summed E-state index contributed by atoms with van der Waals surface area (Å²) in [6, 6.07) is 12.4. The van der Waals surface area contributed by atoms with Crippen LogP contribution < -0.4 is 11.1 Å². The maximum absolute atomic E-state index is 13.1. The molecule has 0 saturated heterocycles. The van der Waals surface area contributed by atoms with E-state index < -0.39 is 22.5 Å². The molecule has 0 aromatic heterocycles. The van der Waals surface area contributed by atoms with Crippen LogP contribution in [0.1, 0.15) is 0 Å². The van der Waals surface area contributed by atoms with Crippen molar-refractivity contribution in [3.63, 3.8) is 0 Å². The van der Waals surface area contributed by atoms with Gasteiger partial charge in [0.15, 0.2) is 0 Å². The molecule has 1 unspecified atom stereocenters. The number of nitrogen functional groups attached to an aromatic ring is 1. The SMILES string of the molecule is Nc1ccc(F)cc1S(=O)CC(=O)Nc1ccccc1. The van der Waals surface area contributed by atoms with Crippen molar-refractivity contribution in [1.82, 2.24) is 0 Å². The van der Waals surface area contributed by atoms with Gasteiger partial charge in [-0.1, -0.05) is 18.2 Å². The van der Waals surface area contributed by atoms with Crippen molar-refractivity contribution < 1.29 is 13.4 Å². The lowest BCUT2D eigenvalue weighted by Gasteiger charge is -2.07. The molecule has 2 aromatic rings. The number of nitrogens with two attached hydrogens (primary N) is 1. The zero-order valence-electron chi connectivity index (χ0n) is 10.5. The molecule has 0 fully saturated rings. The van der Waals surface area contributed by atoms with Crippen molar-refractivity contribution in [2.24, 2.45) is 0 Å². The molecule has 0 heterocycles. The molecule has 0 bridgehead atoms. The third kappa shape index (κ3) is 3.64. The molecule has 6 heteroatoms. The van der Waals surface area contributed by atoms with E-state index in [1.54, 1.807) is 24.3 Å². The van der Waals surface area contributed by atoms with Crippen LogP contribution in [0.25, 0.3) is 0 Å². The van der Waals surface area contributed by atoms with E-state index in [1.807, 2.05) is 6.07 Å². The fourth-order valence-electron chi connectivity index (χ4n) is 1.62. The molecule has 3 N–H and O–H groups in total. The van der Waals surface area contributed by atoms with Gasteiger partial charge in [0.25, 0.3) is 0 Å². The molecule has 0 spiro atoms. The van der Waals surface area contributed by atoms with Crippen LogP contribution in [0.3, 0.4) is 0 Å². The van der Waals surface area contributed by atoms with Crippen LogP contribution in [0, 0.1) is 5.82 Å². The quantitative estimate of drug-likeness (QED) is 0.848. The molecular formula is C14H13FN2O2S. The Hall–Kier alpha value is -2.21. The molecule has 104 valence electrons. The highest BCUT2D eigenvalue weighted by Crippen LogP contribution is 2.18. The molecule has 20 heavy (non-hydrogen) atoms. The van der Waals surface area contributed by atoms with Gasteiger partial charge in [-0.2, -0.15) is 0 Å². The Morgan fingerprint density at radius 2 is 1.90 bits per heavy atom. The standard InChI is InChI=1S/C14H13FN2O2S/c15-10-6-7-12(16)13(8-10)20(19)9-14(18)17-11-4-2-1-3-5-11/h1-8H,9,16H2,(H,17,18). The minimum absolute atomic E-state index is 0.133.